The SMILES string of the molecule is CC(c1cccc(N)c1)N(C)Cc1cccc(F)c1F. The van der Waals surface area contributed by atoms with Gasteiger partial charge in [0.25, 0.3) is 0 Å². The average Bonchev–Trinajstić information content (AvgIpc) is 2.43. The first-order valence-corrected chi connectivity index (χ1v) is 6.47. The summed E-state index contributed by atoms with van der Waals surface area (Å²) in [4.78, 5) is 1.95. The number of hydrogen-bond donors (Lipinski definition) is 1. The van der Waals surface area contributed by atoms with Gasteiger partial charge in [0, 0.05) is 23.8 Å². The molecule has 0 amide bonds. The number of benzene rings is 2. The smallest absolute Gasteiger partial charge is 0.163 e. The largest absolute Gasteiger partial charge is 0.399 e. The van der Waals surface area contributed by atoms with Crippen molar-refractivity contribution in [1.29, 1.82) is 0 Å². The molecule has 2 N–H and O–H groups in total. The summed E-state index contributed by atoms with van der Waals surface area (Å²) in [6.45, 7) is 2.34. The Hall–Kier alpha value is -1.94. The van der Waals surface area contributed by atoms with Crippen LogP contribution in [0.25, 0.3) is 0 Å². The van der Waals surface area contributed by atoms with E-state index < -0.39 is 11.6 Å². The number of nitrogens with zero attached hydrogens (tertiary/aromatic N) is 1. The van der Waals surface area contributed by atoms with Gasteiger partial charge in [-0.2, -0.15) is 0 Å². The quantitative estimate of drug-likeness (QED) is 0.862. The van der Waals surface area contributed by atoms with E-state index in [1.165, 1.54) is 6.07 Å². The topological polar surface area (TPSA) is 29.3 Å². The standard InChI is InChI=1S/C16H18F2N2/c1-11(12-5-3-7-14(19)9-12)20(2)10-13-6-4-8-15(17)16(13)18/h3-9,11H,10,19H2,1-2H3. The zero-order chi connectivity index (χ0) is 14.7. The van der Waals surface area contributed by atoms with Crippen molar-refractivity contribution in [1.82, 2.24) is 4.90 Å². The molecule has 2 aromatic carbocycles. The Balaban J connectivity index is 2.15. The fourth-order valence-corrected chi connectivity index (χ4v) is 2.15. The maximum absolute atomic E-state index is 13.7. The summed E-state index contributed by atoms with van der Waals surface area (Å²) in [5.74, 6) is -1.59. The van der Waals surface area contributed by atoms with Crippen molar-refractivity contribution >= 4 is 5.69 Å². The lowest BCUT2D eigenvalue weighted by molar-refractivity contribution is 0.248. The molecule has 4 heteroatoms. The molecule has 0 saturated heterocycles. The summed E-state index contributed by atoms with van der Waals surface area (Å²) in [7, 11) is 1.87. The first kappa shape index (κ1) is 14.5. The van der Waals surface area contributed by atoms with Gasteiger partial charge in [-0.25, -0.2) is 8.78 Å². The Morgan fingerprint density at radius 1 is 1.15 bits per heavy atom. The third kappa shape index (κ3) is 3.14. The third-order valence-corrected chi connectivity index (χ3v) is 3.51. The van der Waals surface area contributed by atoms with Gasteiger partial charge in [0.05, 0.1) is 0 Å². The van der Waals surface area contributed by atoms with Gasteiger partial charge in [-0.3, -0.25) is 4.90 Å². The van der Waals surface area contributed by atoms with Crippen molar-refractivity contribution < 1.29 is 8.78 Å². The molecule has 0 heterocycles. The molecule has 0 aliphatic heterocycles. The van der Waals surface area contributed by atoms with Crippen LogP contribution in [0, 0.1) is 11.6 Å². The second-order valence-corrected chi connectivity index (χ2v) is 4.97. The number of rotatable bonds is 4. The molecule has 1 atom stereocenters. The second kappa shape index (κ2) is 6.01. The van der Waals surface area contributed by atoms with Crippen LogP contribution in [-0.4, -0.2) is 11.9 Å². The van der Waals surface area contributed by atoms with Crippen LogP contribution in [0.2, 0.25) is 0 Å². The number of nitrogen functional groups attached to an aromatic ring is 1. The Bertz CT molecular complexity index is 599. The van der Waals surface area contributed by atoms with E-state index in [0.29, 0.717) is 17.8 Å². The molecule has 2 nitrogen and oxygen atoms in total. The molecule has 0 spiro atoms. The van der Waals surface area contributed by atoms with Gasteiger partial charge in [0.15, 0.2) is 11.6 Å². The fraction of sp³-hybridized carbons (Fsp3) is 0.250. The lowest BCUT2D eigenvalue weighted by Gasteiger charge is -2.25. The monoisotopic (exact) mass is 276 g/mol. The van der Waals surface area contributed by atoms with Crippen LogP contribution in [0.1, 0.15) is 24.1 Å². The zero-order valence-corrected chi connectivity index (χ0v) is 11.6. The molecular formula is C16H18F2N2. The lowest BCUT2D eigenvalue weighted by atomic mass is 10.1. The number of anilines is 1. The van der Waals surface area contributed by atoms with E-state index in [1.54, 1.807) is 6.07 Å². The predicted molar refractivity (Wildman–Crippen MR) is 77.1 cm³/mol. The Morgan fingerprint density at radius 3 is 2.55 bits per heavy atom. The van der Waals surface area contributed by atoms with Crippen LogP contribution in [0.5, 0.6) is 0 Å². The lowest BCUT2D eigenvalue weighted by Crippen LogP contribution is -2.22. The van der Waals surface area contributed by atoms with Gasteiger partial charge in [0.2, 0.25) is 0 Å². The maximum atomic E-state index is 13.7. The van der Waals surface area contributed by atoms with Gasteiger partial charge in [-0.15, -0.1) is 0 Å². The summed E-state index contributed by atoms with van der Waals surface area (Å²) >= 11 is 0. The average molecular weight is 276 g/mol. The molecule has 20 heavy (non-hydrogen) atoms. The summed E-state index contributed by atoms with van der Waals surface area (Å²) in [6.07, 6.45) is 0. The maximum Gasteiger partial charge on any atom is 0.163 e. The van der Waals surface area contributed by atoms with Crippen LogP contribution < -0.4 is 5.73 Å². The summed E-state index contributed by atoms with van der Waals surface area (Å²) in [5.41, 5.74) is 7.86. The molecule has 0 aliphatic rings. The van der Waals surface area contributed by atoms with E-state index in [0.717, 1.165) is 11.6 Å². The summed E-state index contributed by atoms with van der Waals surface area (Å²) in [6, 6.07) is 11.9. The number of nitrogens with two attached hydrogens (primary N) is 1. The molecule has 1 unspecified atom stereocenters. The van der Waals surface area contributed by atoms with E-state index in [9.17, 15) is 8.78 Å². The van der Waals surface area contributed by atoms with E-state index in [4.69, 9.17) is 5.73 Å². The molecule has 106 valence electrons. The molecule has 0 radical (unpaired) electrons. The van der Waals surface area contributed by atoms with E-state index >= 15 is 0 Å². The van der Waals surface area contributed by atoms with Gasteiger partial charge >= 0.3 is 0 Å². The van der Waals surface area contributed by atoms with Gasteiger partial charge in [0.1, 0.15) is 0 Å². The van der Waals surface area contributed by atoms with Crippen LogP contribution in [0.4, 0.5) is 14.5 Å². The van der Waals surface area contributed by atoms with Crippen LogP contribution in [-0.2, 0) is 6.54 Å². The predicted octanol–water partition coefficient (Wildman–Crippen LogP) is 3.74. The van der Waals surface area contributed by atoms with Gasteiger partial charge in [-0.05, 0) is 37.7 Å². The molecular weight excluding hydrogens is 258 g/mol. The van der Waals surface area contributed by atoms with Crippen LogP contribution in [0.15, 0.2) is 42.5 Å². The van der Waals surface area contributed by atoms with Crippen molar-refractivity contribution in [3.63, 3.8) is 0 Å². The van der Waals surface area contributed by atoms with Crippen molar-refractivity contribution in [2.75, 3.05) is 12.8 Å². The van der Waals surface area contributed by atoms with Crippen LogP contribution in [0.3, 0.4) is 0 Å². The van der Waals surface area contributed by atoms with E-state index in [1.807, 2.05) is 43.1 Å². The number of halogens is 2. The zero-order valence-electron chi connectivity index (χ0n) is 11.6. The highest BCUT2D eigenvalue weighted by atomic mass is 19.2. The molecule has 0 aromatic heterocycles. The molecule has 0 saturated carbocycles. The third-order valence-electron chi connectivity index (χ3n) is 3.51. The molecule has 0 aliphatic carbocycles. The minimum atomic E-state index is -0.812. The van der Waals surface area contributed by atoms with E-state index in [2.05, 4.69) is 0 Å². The van der Waals surface area contributed by atoms with E-state index in [-0.39, 0.29) is 6.04 Å². The summed E-state index contributed by atoms with van der Waals surface area (Å²) < 4.78 is 26.9. The molecule has 2 rings (SSSR count). The van der Waals surface area contributed by atoms with Gasteiger partial charge in [-0.1, -0.05) is 24.3 Å². The molecule has 0 bridgehead atoms. The van der Waals surface area contributed by atoms with Crippen molar-refractivity contribution in [2.24, 2.45) is 0 Å². The minimum absolute atomic E-state index is 0.0566. The highest BCUT2D eigenvalue weighted by Crippen LogP contribution is 2.23. The van der Waals surface area contributed by atoms with Crippen molar-refractivity contribution in [3.05, 3.63) is 65.2 Å². The normalized spacial score (nSPS) is 12.7. The van der Waals surface area contributed by atoms with Crippen molar-refractivity contribution in [3.8, 4) is 0 Å². The molecule has 2 aromatic rings. The highest BCUT2D eigenvalue weighted by molar-refractivity contribution is 5.41. The summed E-state index contributed by atoms with van der Waals surface area (Å²) in [5, 5.41) is 0. The first-order valence-electron chi connectivity index (χ1n) is 6.47. The fourth-order valence-electron chi connectivity index (χ4n) is 2.15. The number of hydrogen-bond acceptors (Lipinski definition) is 2. The van der Waals surface area contributed by atoms with Crippen molar-refractivity contribution in [2.45, 2.75) is 19.5 Å². The van der Waals surface area contributed by atoms with Crippen LogP contribution >= 0.6 is 0 Å². The highest BCUT2D eigenvalue weighted by Gasteiger charge is 2.15. The Kier molecular flexibility index (Phi) is 4.35. The van der Waals surface area contributed by atoms with Gasteiger partial charge < -0.3 is 5.73 Å². The second-order valence-electron chi connectivity index (χ2n) is 4.97. The Morgan fingerprint density at radius 2 is 1.85 bits per heavy atom. The Labute approximate surface area is 117 Å². The first-order chi connectivity index (χ1) is 9.49. The molecule has 0 fully saturated rings. The minimum Gasteiger partial charge on any atom is -0.399 e.